The number of halogens is 4. The molecule has 0 saturated carbocycles. The molecular weight excluding hydrogens is 331 g/mol. The van der Waals surface area contributed by atoms with Crippen LogP contribution in [-0.4, -0.2) is 38.2 Å². The van der Waals surface area contributed by atoms with Crippen LogP contribution in [0.4, 0.5) is 18.9 Å². The quantitative estimate of drug-likeness (QED) is 0.857. The zero-order chi connectivity index (χ0) is 16.2. The van der Waals surface area contributed by atoms with Gasteiger partial charge in [0.2, 0.25) is 0 Å². The molecule has 0 bridgehead atoms. The summed E-state index contributed by atoms with van der Waals surface area (Å²) in [6.45, 7) is 0.696. The van der Waals surface area contributed by atoms with Crippen molar-refractivity contribution in [3.63, 3.8) is 0 Å². The first-order valence-electron chi connectivity index (χ1n) is 6.00. The Balaban J connectivity index is 2.76. The number of anilines is 1. The molecule has 21 heavy (non-hydrogen) atoms. The van der Waals surface area contributed by atoms with E-state index in [4.69, 9.17) is 11.6 Å². The lowest BCUT2D eigenvalue weighted by Gasteiger charge is -2.13. The molecule has 1 rings (SSSR count). The first-order valence-corrected chi connectivity index (χ1v) is 8.00. The van der Waals surface area contributed by atoms with Crippen molar-refractivity contribution in [2.24, 2.45) is 0 Å². The number of hydrogen-bond donors (Lipinski definition) is 1. The van der Waals surface area contributed by atoms with E-state index in [1.807, 2.05) is 0 Å². The van der Waals surface area contributed by atoms with Crippen molar-refractivity contribution in [3.05, 3.63) is 21.6 Å². The predicted molar refractivity (Wildman–Crippen MR) is 76.2 cm³/mol. The molecular formula is C11H15ClF3N3O2S. The summed E-state index contributed by atoms with van der Waals surface area (Å²) in [5.41, 5.74) is -0.847. The fourth-order valence-electron chi connectivity index (χ4n) is 1.45. The fourth-order valence-corrected chi connectivity index (χ4v) is 2.11. The van der Waals surface area contributed by atoms with Gasteiger partial charge in [-0.05, 0) is 6.42 Å². The molecule has 0 amide bonds. The molecule has 0 radical (unpaired) electrons. The van der Waals surface area contributed by atoms with Gasteiger partial charge in [0.1, 0.15) is 11.6 Å². The minimum atomic E-state index is -4.55. The lowest BCUT2D eigenvalue weighted by atomic mass is 10.3. The van der Waals surface area contributed by atoms with Gasteiger partial charge in [0, 0.05) is 28.9 Å². The molecule has 1 aromatic heterocycles. The summed E-state index contributed by atoms with van der Waals surface area (Å²) in [4.78, 5) is 11.7. The van der Waals surface area contributed by atoms with Gasteiger partial charge in [-0.2, -0.15) is 18.3 Å². The highest BCUT2D eigenvalue weighted by molar-refractivity contribution is 7.84. The van der Waals surface area contributed by atoms with Crippen molar-refractivity contribution in [3.8, 4) is 0 Å². The van der Waals surface area contributed by atoms with Gasteiger partial charge in [-0.1, -0.05) is 18.5 Å². The van der Waals surface area contributed by atoms with E-state index in [1.165, 1.54) is 0 Å². The van der Waals surface area contributed by atoms with Crippen LogP contribution >= 0.6 is 11.6 Å². The molecule has 0 aliphatic rings. The van der Waals surface area contributed by atoms with Gasteiger partial charge in [0.25, 0.3) is 5.56 Å². The zero-order valence-electron chi connectivity index (χ0n) is 11.4. The highest BCUT2D eigenvalue weighted by atomic mass is 35.5. The van der Waals surface area contributed by atoms with Crippen molar-refractivity contribution in [2.45, 2.75) is 31.3 Å². The summed E-state index contributed by atoms with van der Waals surface area (Å²) < 4.78 is 48.1. The van der Waals surface area contributed by atoms with E-state index in [1.54, 1.807) is 13.2 Å². The molecule has 0 aromatic carbocycles. The Labute approximate surface area is 126 Å². The van der Waals surface area contributed by atoms with Crippen LogP contribution in [0.15, 0.2) is 11.0 Å². The highest BCUT2D eigenvalue weighted by Gasteiger charge is 2.29. The van der Waals surface area contributed by atoms with Crippen molar-refractivity contribution in [2.75, 3.05) is 18.1 Å². The lowest BCUT2D eigenvalue weighted by Crippen LogP contribution is -2.31. The maximum atomic E-state index is 12.2. The Morgan fingerprint density at radius 3 is 2.67 bits per heavy atom. The van der Waals surface area contributed by atoms with Gasteiger partial charge < -0.3 is 5.32 Å². The Bertz CT molecular complexity index is 577. The molecule has 0 spiro atoms. The Hall–Kier alpha value is -1.09. The van der Waals surface area contributed by atoms with E-state index >= 15 is 0 Å². The number of aromatic nitrogens is 2. The van der Waals surface area contributed by atoms with Crippen LogP contribution < -0.4 is 10.9 Å². The maximum Gasteiger partial charge on any atom is 0.408 e. The number of nitrogens with one attached hydrogen (secondary N) is 1. The minimum absolute atomic E-state index is 0.0464. The second-order valence-electron chi connectivity index (χ2n) is 4.47. The molecule has 0 aliphatic carbocycles. The zero-order valence-corrected chi connectivity index (χ0v) is 13.0. The van der Waals surface area contributed by atoms with Crippen LogP contribution in [-0.2, 0) is 17.3 Å². The highest BCUT2D eigenvalue weighted by Crippen LogP contribution is 2.19. The third-order valence-corrected chi connectivity index (χ3v) is 4.48. The van der Waals surface area contributed by atoms with E-state index in [-0.39, 0.29) is 20.6 Å². The average Bonchev–Trinajstić information content (AvgIpc) is 2.36. The first-order chi connectivity index (χ1) is 9.61. The molecule has 2 atom stereocenters. The number of rotatable bonds is 6. The van der Waals surface area contributed by atoms with Crippen molar-refractivity contribution >= 4 is 28.1 Å². The Kier molecular flexibility index (Phi) is 6.21. The van der Waals surface area contributed by atoms with Crippen LogP contribution in [0, 0.1) is 0 Å². The topological polar surface area (TPSA) is 64.0 Å². The number of alkyl halides is 3. The average molecular weight is 346 g/mol. The van der Waals surface area contributed by atoms with Crippen LogP contribution in [0.3, 0.4) is 0 Å². The standard InChI is InChI=1S/C11H15ClF3N3O2S/c1-7(21(2)20)3-4-16-8-5-17-18(6-11(13,14)15)10(19)9(8)12/h5,7,16H,3-4,6H2,1-2H3. The molecule has 1 N–H and O–H groups in total. The summed E-state index contributed by atoms with van der Waals surface area (Å²) in [7, 11) is -0.972. The minimum Gasteiger partial charge on any atom is -0.382 e. The van der Waals surface area contributed by atoms with Crippen LogP contribution in [0.2, 0.25) is 5.02 Å². The van der Waals surface area contributed by atoms with Gasteiger partial charge in [-0.3, -0.25) is 9.00 Å². The normalized spacial score (nSPS) is 14.8. The van der Waals surface area contributed by atoms with Crippen molar-refractivity contribution in [1.82, 2.24) is 9.78 Å². The molecule has 0 fully saturated rings. The van der Waals surface area contributed by atoms with E-state index < -0.39 is 29.1 Å². The van der Waals surface area contributed by atoms with E-state index in [0.29, 0.717) is 13.0 Å². The molecule has 1 aromatic rings. The molecule has 1 heterocycles. The van der Waals surface area contributed by atoms with Gasteiger partial charge in [0.15, 0.2) is 0 Å². The predicted octanol–water partition coefficient (Wildman–Crippen LogP) is 2.03. The van der Waals surface area contributed by atoms with Gasteiger partial charge in [-0.25, -0.2) is 4.68 Å². The summed E-state index contributed by atoms with van der Waals surface area (Å²) in [5, 5.41) is 5.85. The second kappa shape index (κ2) is 7.26. The van der Waals surface area contributed by atoms with E-state index in [0.717, 1.165) is 6.20 Å². The fraction of sp³-hybridized carbons (Fsp3) is 0.636. The third-order valence-electron chi connectivity index (χ3n) is 2.75. The summed E-state index contributed by atoms with van der Waals surface area (Å²) in [6, 6.07) is 0. The molecule has 0 saturated heterocycles. The SMILES string of the molecule is CC(CCNc1cnn(CC(F)(F)F)c(=O)c1Cl)S(C)=O. The number of nitrogens with zero attached hydrogens (tertiary/aromatic N) is 2. The van der Waals surface area contributed by atoms with Crippen LogP contribution in [0.25, 0.3) is 0 Å². The summed E-state index contributed by atoms with van der Waals surface area (Å²) in [5.74, 6) is 0. The molecule has 5 nitrogen and oxygen atoms in total. The second-order valence-corrected chi connectivity index (χ2v) is 6.65. The van der Waals surface area contributed by atoms with E-state index in [2.05, 4.69) is 10.4 Å². The number of hydrogen-bond acceptors (Lipinski definition) is 4. The summed E-state index contributed by atoms with van der Waals surface area (Å²) >= 11 is 5.74. The molecule has 10 heteroatoms. The van der Waals surface area contributed by atoms with Crippen LogP contribution in [0.1, 0.15) is 13.3 Å². The van der Waals surface area contributed by atoms with Crippen molar-refractivity contribution < 1.29 is 17.4 Å². The molecule has 0 aliphatic heterocycles. The smallest absolute Gasteiger partial charge is 0.382 e. The Morgan fingerprint density at radius 2 is 2.14 bits per heavy atom. The van der Waals surface area contributed by atoms with Gasteiger partial charge >= 0.3 is 6.18 Å². The Morgan fingerprint density at radius 1 is 1.52 bits per heavy atom. The van der Waals surface area contributed by atoms with Gasteiger partial charge in [0.05, 0.1) is 11.9 Å². The molecule has 120 valence electrons. The van der Waals surface area contributed by atoms with Crippen molar-refractivity contribution in [1.29, 1.82) is 0 Å². The third kappa shape index (κ3) is 5.66. The monoisotopic (exact) mass is 345 g/mol. The van der Waals surface area contributed by atoms with E-state index in [9.17, 15) is 22.2 Å². The maximum absolute atomic E-state index is 12.2. The summed E-state index contributed by atoms with van der Waals surface area (Å²) in [6.07, 6.45) is -1.33. The van der Waals surface area contributed by atoms with Crippen LogP contribution in [0.5, 0.6) is 0 Å². The van der Waals surface area contributed by atoms with Gasteiger partial charge in [-0.15, -0.1) is 0 Å². The largest absolute Gasteiger partial charge is 0.408 e. The first kappa shape index (κ1) is 18.0. The lowest BCUT2D eigenvalue weighted by molar-refractivity contribution is -0.143. The molecule has 2 unspecified atom stereocenters.